The number of nitrogens with one attached hydrogen (secondary N) is 1. The molecule has 3 rings (SSSR count). The topological polar surface area (TPSA) is 39.1 Å². The molecule has 0 radical (unpaired) electrons. The van der Waals surface area contributed by atoms with Gasteiger partial charge in [-0.05, 0) is 24.4 Å². The zero-order valence-corrected chi connectivity index (χ0v) is 13.4. The number of hydrogen-bond acceptors (Lipinski definition) is 3. The van der Waals surface area contributed by atoms with Crippen molar-refractivity contribution >= 4 is 0 Å². The van der Waals surface area contributed by atoms with Crippen LogP contribution < -0.4 is 10.1 Å². The molecule has 0 saturated carbocycles. The molecule has 2 heterocycles. The van der Waals surface area contributed by atoms with Crippen LogP contribution in [0.4, 0.5) is 13.2 Å². The number of alkyl halides is 3. The lowest BCUT2D eigenvalue weighted by Crippen LogP contribution is -2.38. The minimum atomic E-state index is -4.43. The number of benzene rings is 1. The summed E-state index contributed by atoms with van der Waals surface area (Å²) >= 11 is 0. The molecule has 0 unspecified atom stereocenters. The highest BCUT2D eigenvalue weighted by Crippen LogP contribution is 2.33. The van der Waals surface area contributed by atoms with Crippen molar-refractivity contribution in [1.29, 1.82) is 0 Å². The Bertz CT molecular complexity index is 669. The molecule has 2 atom stereocenters. The van der Waals surface area contributed by atoms with Crippen LogP contribution in [0.5, 0.6) is 5.88 Å². The lowest BCUT2D eigenvalue weighted by atomic mass is 9.81. The number of rotatable bonds is 4. The summed E-state index contributed by atoms with van der Waals surface area (Å²) in [4.78, 5) is 0. The van der Waals surface area contributed by atoms with E-state index in [1.807, 2.05) is 18.2 Å². The lowest BCUT2D eigenvalue weighted by molar-refractivity contribution is -0.143. The van der Waals surface area contributed by atoms with Gasteiger partial charge in [0.2, 0.25) is 5.88 Å². The fraction of sp³-hybridized carbons (Fsp3) is 0.471. The molecule has 0 amide bonds. The van der Waals surface area contributed by atoms with Crippen LogP contribution in [-0.2, 0) is 13.2 Å². The number of halogens is 3. The van der Waals surface area contributed by atoms with Gasteiger partial charge in [0.15, 0.2) is 0 Å². The van der Waals surface area contributed by atoms with Crippen molar-refractivity contribution in [3.8, 4) is 5.88 Å². The minimum Gasteiger partial charge on any atom is -0.476 e. The summed E-state index contributed by atoms with van der Waals surface area (Å²) in [6, 6.07) is 11.1. The number of ether oxygens (including phenoxy) is 1. The van der Waals surface area contributed by atoms with Crippen molar-refractivity contribution in [1.82, 2.24) is 15.1 Å². The van der Waals surface area contributed by atoms with E-state index in [9.17, 15) is 13.2 Å². The highest BCUT2D eigenvalue weighted by molar-refractivity contribution is 5.22. The van der Waals surface area contributed by atoms with Crippen LogP contribution in [0.2, 0.25) is 0 Å². The summed E-state index contributed by atoms with van der Waals surface area (Å²) in [6.07, 6.45) is -3.45. The fourth-order valence-corrected chi connectivity index (χ4v) is 3.21. The molecule has 4 nitrogen and oxygen atoms in total. The van der Waals surface area contributed by atoms with Crippen LogP contribution in [0.3, 0.4) is 0 Å². The molecule has 0 aliphatic carbocycles. The molecule has 1 N–H and O–H groups in total. The third-order valence-electron chi connectivity index (χ3n) is 4.43. The molecular formula is C17H20F3N3O. The predicted molar refractivity (Wildman–Crippen MR) is 83.9 cm³/mol. The average Bonchev–Trinajstić information content (AvgIpc) is 2.95. The quantitative estimate of drug-likeness (QED) is 0.930. The van der Waals surface area contributed by atoms with Gasteiger partial charge in [0.25, 0.3) is 0 Å². The first kappa shape index (κ1) is 16.8. The third kappa shape index (κ3) is 3.72. The molecule has 0 bridgehead atoms. The second-order valence-electron chi connectivity index (χ2n) is 6.07. The Morgan fingerprint density at radius 1 is 1.29 bits per heavy atom. The molecule has 7 heteroatoms. The van der Waals surface area contributed by atoms with Crippen molar-refractivity contribution in [3.05, 3.63) is 47.7 Å². The normalized spacial score (nSPS) is 21.7. The van der Waals surface area contributed by atoms with Crippen molar-refractivity contribution in [3.63, 3.8) is 0 Å². The SMILES string of the molecule is Cn1nc(OC[C@H]2CNCC[C@@H]2c2ccccc2)cc1C(F)(F)F. The first-order chi connectivity index (χ1) is 11.4. The third-order valence-corrected chi connectivity index (χ3v) is 4.43. The van der Waals surface area contributed by atoms with Gasteiger partial charge in [0, 0.05) is 25.6 Å². The van der Waals surface area contributed by atoms with E-state index in [0.717, 1.165) is 30.3 Å². The molecule has 1 aromatic carbocycles. The number of piperidine rings is 1. The standard InChI is InChI=1S/C17H20F3N3O/c1-23-15(17(18,19)20)9-16(22-23)24-11-13-10-21-8-7-14(13)12-5-3-2-4-6-12/h2-6,9,13-14,21H,7-8,10-11H2,1H3/t13-,14-/m1/s1. The maximum Gasteiger partial charge on any atom is 0.433 e. The summed E-state index contributed by atoms with van der Waals surface area (Å²) < 4.78 is 44.8. The number of hydrogen-bond donors (Lipinski definition) is 1. The van der Waals surface area contributed by atoms with E-state index in [2.05, 4.69) is 22.5 Å². The highest BCUT2D eigenvalue weighted by atomic mass is 19.4. The monoisotopic (exact) mass is 339 g/mol. The van der Waals surface area contributed by atoms with Gasteiger partial charge in [-0.1, -0.05) is 30.3 Å². The van der Waals surface area contributed by atoms with Gasteiger partial charge in [-0.25, -0.2) is 0 Å². The van der Waals surface area contributed by atoms with Crippen LogP contribution >= 0.6 is 0 Å². The molecule has 1 fully saturated rings. The molecule has 130 valence electrons. The van der Waals surface area contributed by atoms with Gasteiger partial charge in [-0.2, -0.15) is 13.2 Å². The molecule has 1 aliphatic heterocycles. The zero-order valence-electron chi connectivity index (χ0n) is 13.4. The smallest absolute Gasteiger partial charge is 0.433 e. The minimum absolute atomic E-state index is 0.0159. The molecule has 0 spiro atoms. The van der Waals surface area contributed by atoms with Crippen molar-refractivity contribution < 1.29 is 17.9 Å². The van der Waals surface area contributed by atoms with Gasteiger partial charge in [-0.3, -0.25) is 4.68 Å². The summed E-state index contributed by atoms with van der Waals surface area (Å²) in [6.45, 7) is 2.04. The van der Waals surface area contributed by atoms with E-state index >= 15 is 0 Å². The number of aryl methyl sites for hydroxylation is 1. The first-order valence-corrected chi connectivity index (χ1v) is 7.95. The van der Waals surface area contributed by atoms with Crippen molar-refractivity contribution in [2.75, 3.05) is 19.7 Å². The van der Waals surface area contributed by atoms with Crippen molar-refractivity contribution in [2.24, 2.45) is 13.0 Å². The Kier molecular flexibility index (Phi) is 4.80. The van der Waals surface area contributed by atoms with Crippen LogP contribution in [0.15, 0.2) is 36.4 Å². The van der Waals surface area contributed by atoms with Crippen LogP contribution in [-0.4, -0.2) is 29.5 Å². The lowest BCUT2D eigenvalue weighted by Gasteiger charge is -2.32. The molecule has 2 aromatic rings. The zero-order chi connectivity index (χ0) is 17.2. The van der Waals surface area contributed by atoms with Crippen molar-refractivity contribution in [2.45, 2.75) is 18.5 Å². The van der Waals surface area contributed by atoms with Crippen LogP contribution in [0, 0.1) is 5.92 Å². The Morgan fingerprint density at radius 3 is 2.71 bits per heavy atom. The molecule has 1 aromatic heterocycles. The summed E-state index contributed by atoms with van der Waals surface area (Å²) in [7, 11) is 1.27. The van der Waals surface area contributed by atoms with Gasteiger partial charge in [0.1, 0.15) is 5.69 Å². The maximum atomic E-state index is 12.8. The Morgan fingerprint density at radius 2 is 2.04 bits per heavy atom. The van der Waals surface area contributed by atoms with E-state index in [0.29, 0.717) is 12.5 Å². The van der Waals surface area contributed by atoms with E-state index in [1.54, 1.807) is 0 Å². The van der Waals surface area contributed by atoms with Crippen LogP contribution in [0.25, 0.3) is 0 Å². The van der Waals surface area contributed by atoms with Gasteiger partial charge < -0.3 is 10.1 Å². The highest BCUT2D eigenvalue weighted by Gasteiger charge is 2.35. The number of aromatic nitrogens is 2. The van der Waals surface area contributed by atoms with Gasteiger partial charge >= 0.3 is 6.18 Å². The van der Waals surface area contributed by atoms with E-state index in [-0.39, 0.29) is 11.8 Å². The molecular weight excluding hydrogens is 319 g/mol. The van der Waals surface area contributed by atoms with E-state index < -0.39 is 11.9 Å². The average molecular weight is 339 g/mol. The second kappa shape index (κ2) is 6.84. The van der Waals surface area contributed by atoms with Gasteiger partial charge in [0.05, 0.1) is 6.61 Å². The van der Waals surface area contributed by atoms with Crippen LogP contribution in [0.1, 0.15) is 23.6 Å². The molecule has 1 saturated heterocycles. The Balaban J connectivity index is 1.69. The summed E-state index contributed by atoms with van der Waals surface area (Å²) in [5, 5.41) is 7.14. The summed E-state index contributed by atoms with van der Waals surface area (Å²) in [5.74, 6) is 0.540. The first-order valence-electron chi connectivity index (χ1n) is 7.95. The fourth-order valence-electron chi connectivity index (χ4n) is 3.21. The summed E-state index contributed by atoms with van der Waals surface area (Å²) in [5.41, 5.74) is 0.434. The predicted octanol–water partition coefficient (Wildman–Crippen LogP) is 3.21. The Hall–Kier alpha value is -2.02. The maximum absolute atomic E-state index is 12.8. The van der Waals surface area contributed by atoms with Gasteiger partial charge in [-0.15, -0.1) is 5.10 Å². The molecule has 1 aliphatic rings. The number of nitrogens with zero attached hydrogens (tertiary/aromatic N) is 2. The second-order valence-corrected chi connectivity index (χ2v) is 6.07. The molecule has 24 heavy (non-hydrogen) atoms. The largest absolute Gasteiger partial charge is 0.476 e. The van der Waals surface area contributed by atoms with E-state index in [4.69, 9.17) is 4.74 Å². The van der Waals surface area contributed by atoms with E-state index in [1.165, 1.54) is 12.6 Å². The Labute approximate surface area is 138 Å².